The minimum absolute atomic E-state index is 0.0718. The summed E-state index contributed by atoms with van der Waals surface area (Å²) in [6.45, 7) is 5.94. The van der Waals surface area contributed by atoms with Gasteiger partial charge in [-0.25, -0.2) is 15.0 Å². The lowest BCUT2D eigenvalue weighted by atomic mass is 10.0. The predicted octanol–water partition coefficient (Wildman–Crippen LogP) is 2.93. The normalized spacial score (nSPS) is 15.6. The summed E-state index contributed by atoms with van der Waals surface area (Å²) in [5, 5.41) is 4.34. The van der Waals surface area contributed by atoms with Crippen LogP contribution in [-0.2, 0) is 4.79 Å². The standard InChI is InChI=1S/C24H27N5O4/c1-13(2)33-21-11-17-16(10-18(21)23(25)31)19(20-6-8-26-14(3)28-20)12-27-24(17)32-9-7-15-4-5-22(30)29-15/h6,8,10-13,15H,4-5,7,9H2,1-3H3,(H2,25,31)(H,29,30)/t15-/m0/s1. The molecule has 0 unspecified atom stereocenters. The Balaban J connectivity index is 1.78. The van der Waals surface area contributed by atoms with Crippen molar-refractivity contribution in [2.24, 2.45) is 5.73 Å². The lowest BCUT2D eigenvalue weighted by Crippen LogP contribution is -2.26. The summed E-state index contributed by atoms with van der Waals surface area (Å²) in [5.41, 5.74) is 7.34. The Morgan fingerprint density at radius 1 is 1.27 bits per heavy atom. The Bertz CT molecular complexity index is 1210. The molecule has 4 rings (SSSR count). The molecule has 33 heavy (non-hydrogen) atoms. The highest BCUT2D eigenvalue weighted by Gasteiger charge is 2.22. The second-order valence-corrected chi connectivity index (χ2v) is 8.33. The molecule has 0 radical (unpaired) electrons. The fraction of sp³-hybridized carbons (Fsp3) is 0.375. The van der Waals surface area contributed by atoms with Crippen LogP contribution in [0.25, 0.3) is 22.0 Å². The van der Waals surface area contributed by atoms with E-state index in [2.05, 4.69) is 20.3 Å². The van der Waals surface area contributed by atoms with Crippen LogP contribution < -0.4 is 20.5 Å². The van der Waals surface area contributed by atoms with Crippen LogP contribution in [0.15, 0.2) is 30.6 Å². The maximum absolute atomic E-state index is 12.2. The molecule has 0 bridgehead atoms. The summed E-state index contributed by atoms with van der Waals surface area (Å²) >= 11 is 0. The average Bonchev–Trinajstić information content (AvgIpc) is 3.18. The number of carbonyl (C=O) groups is 2. The molecule has 3 N–H and O–H groups in total. The third kappa shape index (κ3) is 5.02. The highest BCUT2D eigenvalue weighted by Crippen LogP contribution is 2.37. The quantitative estimate of drug-likeness (QED) is 0.541. The first-order valence-electron chi connectivity index (χ1n) is 11.0. The molecular formula is C24H27N5O4. The van der Waals surface area contributed by atoms with Gasteiger partial charge in [-0.3, -0.25) is 9.59 Å². The third-order valence-corrected chi connectivity index (χ3v) is 5.42. The highest BCUT2D eigenvalue weighted by atomic mass is 16.5. The van der Waals surface area contributed by atoms with Crippen molar-refractivity contribution in [1.29, 1.82) is 0 Å². The maximum Gasteiger partial charge on any atom is 0.252 e. The van der Waals surface area contributed by atoms with Crippen molar-refractivity contribution < 1.29 is 19.1 Å². The summed E-state index contributed by atoms with van der Waals surface area (Å²) in [5.74, 6) is 0.884. The number of hydrogen-bond acceptors (Lipinski definition) is 7. The van der Waals surface area contributed by atoms with Crippen molar-refractivity contribution in [3.05, 3.63) is 42.0 Å². The molecule has 0 saturated carbocycles. The third-order valence-electron chi connectivity index (χ3n) is 5.42. The summed E-state index contributed by atoms with van der Waals surface area (Å²) in [6, 6.07) is 5.34. The summed E-state index contributed by atoms with van der Waals surface area (Å²) in [7, 11) is 0. The minimum atomic E-state index is -0.589. The smallest absolute Gasteiger partial charge is 0.252 e. The van der Waals surface area contributed by atoms with E-state index in [1.54, 1.807) is 30.6 Å². The fourth-order valence-electron chi connectivity index (χ4n) is 3.90. The maximum atomic E-state index is 12.2. The van der Waals surface area contributed by atoms with Crippen molar-refractivity contribution in [3.63, 3.8) is 0 Å². The van der Waals surface area contributed by atoms with Crippen LogP contribution in [-0.4, -0.2) is 45.5 Å². The zero-order valence-corrected chi connectivity index (χ0v) is 18.9. The van der Waals surface area contributed by atoms with Gasteiger partial charge in [-0.15, -0.1) is 0 Å². The van der Waals surface area contributed by atoms with Gasteiger partial charge >= 0.3 is 0 Å². The Morgan fingerprint density at radius 2 is 2.09 bits per heavy atom. The SMILES string of the molecule is Cc1nccc(-c2cnc(OCC[C@@H]3CCC(=O)N3)c3cc(OC(C)C)c(C(N)=O)cc23)n1. The number of aromatic nitrogens is 3. The predicted molar refractivity (Wildman–Crippen MR) is 123 cm³/mol. The van der Waals surface area contributed by atoms with E-state index >= 15 is 0 Å². The van der Waals surface area contributed by atoms with E-state index in [0.29, 0.717) is 48.0 Å². The van der Waals surface area contributed by atoms with E-state index in [1.807, 2.05) is 20.8 Å². The molecule has 1 saturated heterocycles. The molecule has 2 amide bonds. The van der Waals surface area contributed by atoms with Gasteiger partial charge in [0.05, 0.1) is 24.0 Å². The Labute approximate surface area is 191 Å². The first-order chi connectivity index (χ1) is 15.8. The van der Waals surface area contributed by atoms with Gasteiger partial charge in [-0.1, -0.05) is 0 Å². The number of primary amides is 1. The van der Waals surface area contributed by atoms with E-state index in [9.17, 15) is 9.59 Å². The number of amides is 2. The Hall–Kier alpha value is -3.75. The number of fused-ring (bicyclic) bond motifs is 1. The highest BCUT2D eigenvalue weighted by molar-refractivity contribution is 6.06. The van der Waals surface area contributed by atoms with E-state index in [4.69, 9.17) is 15.2 Å². The number of hydrogen-bond donors (Lipinski definition) is 2. The number of nitrogens with one attached hydrogen (secondary N) is 1. The van der Waals surface area contributed by atoms with Gasteiger partial charge < -0.3 is 20.5 Å². The van der Waals surface area contributed by atoms with Crippen LogP contribution in [0.5, 0.6) is 11.6 Å². The number of ether oxygens (including phenoxy) is 2. The van der Waals surface area contributed by atoms with Gasteiger partial charge in [0.2, 0.25) is 11.8 Å². The molecule has 1 fully saturated rings. The Kier molecular flexibility index (Phi) is 6.39. The van der Waals surface area contributed by atoms with Crippen LogP contribution >= 0.6 is 0 Å². The van der Waals surface area contributed by atoms with Crippen LogP contribution in [0.1, 0.15) is 49.3 Å². The monoisotopic (exact) mass is 449 g/mol. The van der Waals surface area contributed by atoms with Crippen molar-refractivity contribution in [1.82, 2.24) is 20.3 Å². The summed E-state index contributed by atoms with van der Waals surface area (Å²) < 4.78 is 11.9. The number of benzene rings is 1. The summed E-state index contributed by atoms with van der Waals surface area (Å²) in [6.07, 6.45) is 5.22. The number of nitrogens with zero attached hydrogens (tertiary/aromatic N) is 3. The van der Waals surface area contributed by atoms with Gasteiger partial charge in [0.25, 0.3) is 5.91 Å². The van der Waals surface area contributed by atoms with E-state index in [0.717, 1.165) is 17.4 Å². The lowest BCUT2D eigenvalue weighted by Gasteiger charge is -2.17. The Morgan fingerprint density at radius 3 is 2.76 bits per heavy atom. The molecule has 1 aromatic carbocycles. The van der Waals surface area contributed by atoms with Crippen molar-refractivity contribution in [2.45, 2.75) is 52.2 Å². The number of pyridine rings is 1. The van der Waals surface area contributed by atoms with Gasteiger partial charge in [0, 0.05) is 42.2 Å². The lowest BCUT2D eigenvalue weighted by molar-refractivity contribution is -0.119. The van der Waals surface area contributed by atoms with Crippen LogP contribution in [0, 0.1) is 6.92 Å². The largest absolute Gasteiger partial charge is 0.490 e. The topological polar surface area (TPSA) is 129 Å². The van der Waals surface area contributed by atoms with Crippen molar-refractivity contribution >= 4 is 22.6 Å². The summed E-state index contributed by atoms with van der Waals surface area (Å²) in [4.78, 5) is 36.9. The van der Waals surface area contributed by atoms with Gasteiger partial charge in [0.15, 0.2) is 0 Å². The van der Waals surface area contributed by atoms with E-state index in [1.165, 1.54) is 0 Å². The number of rotatable bonds is 8. The average molecular weight is 450 g/mol. The first-order valence-corrected chi connectivity index (χ1v) is 11.0. The molecule has 0 aliphatic carbocycles. The molecule has 2 aromatic heterocycles. The van der Waals surface area contributed by atoms with Crippen LogP contribution in [0.4, 0.5) is 0 Å². The number of nitrogens with two attached hydrogens (primary N) is 1. The molecule has 3 aromatic rings. The van der Waals surface area contributed by atoms with Crippen LogP contribution in [0.2, 0.25) is 0 Å². The van der Waals surface area contributed by atoms with E-state index in [-0.39, 0.29) is 23.6 Å². The zero-order chi connectivity index (χ0) is 23.5. The number of carbonyl (C=O) groups excluding carboxylic acids is 2. The van der Waals surface area contributed by atoms with E-state index < -0.39 is 5.91 Å². The molecule has 9 nitrogen and oxygen atoms in total. The molecule has 3 heterocycles. The first kappa shape index (κ1) is 22.4. The molecular weight excluding hydrogens is 422 g/mol. The van der Waals surface area contributed by atoms with Crippen molar-refractivity contribution in [3.8, 4) is 22.9 Å². The molecule has 9 heteroatoms. The molecule has 1 aliphatic rings. The minimum Gasteiger partial charge on any atom is -0.490 e. The molecule has 172 valence electrons. The molecule has 1 aliphatic heterocycles. The van der Waals surface area contributed by atoms with Gasteiger partial charge in [-0.2, -0.15) is 0 Å². The zero-order valence-electron chi connectivity index (χ0n) is 18.9. The van der Waals surface area contributed by atoms with Gasteiger partial charge in [-0.05, 0) is 50.8 Å². The van der Waals surface area contributed by atoms with Gasteiger partial charge in [0.1, 0.15) is 11.6 Å². The molecule has 0 spiro atoms. The van der Waals surface area contributed by atoms with Crippen LogP contribution in [0.3, 0.4) is 0 Å². The molecule has 1 atom stereocenters. The van der Waals surface area contributed by atoms with Crippen molar-refractivity contribution in [2.75, 3.05) is 6.61 Å². The fourth-order valence-corrected chi connectivity index (χ4v) is 3.90. The second kappa shape index (κ2) is 9.40. The second-order valence-electron chi connectivity index (χ2n) is 8.33. The number of aryl methyl sites for hydroxylation is 1.